The largest absolute Gasteiger partial charge is 0.349 e. The first-order valence-electron chi connectivity index (χ1n) is 8.98. The summed E-state index contributed by atoms with van der Waals surface area (Å²) in [6, 6.07) is 2.15. The summed E-state index contributed by atoms with van der Waals surface area (Å²) in [5, 5.41) is 0. The second-order valence-electron chi connectivity index (χ2n) is 6.85. The number of aromatic nitrogens is 4. The van der Waals surface area contributed by atoms with Gasteiger partial charge in [0.15, 0.2) is 11.6 Å². The van der Waals surface area contributed by atoms with Crippen LogP contribution in [0.2, 0.25) is 0 Å². The van der Waals surface area contributed by atoms with Gasteiger partial charge in [0.25, 0.3) is 0 Å². The van der Waals surface area contributed by atoms with Gasteiger partial charge in [0, 0.05) is 31.5 Å². The van der Waals surface area contributed by atoms with Crippen LogP contribution >= 0.6 is 0 Å². The highest BCUT2D eigenvalue weighted by Crippen LogP contribution is 2.36. The molecule has 0 N–H and O–H groups in total. The van der Waals surface area contributed by atoms with Crippen molar-refractivity contribution in [1.29, 1.82) is 0 Å². The Balaban J connectivity index is 1.60. The number of nitrogens with zero attached hydrogens (tertiary/aromatic N) is 6. The third kappa shape index (κ3) is 2.92. The fourth-order valence-corrected chi connectivity index (χ4v) is 4.02. The second-order valence-corrected chi connectivity index (χ2v) is 6.85. The summed E-state index contributed by atoms with van der Waals surface area (Å²) in [5.74, 6) is 1.52. The molecular formula is C18H23FN6. The number of hydrogen-bond acceptors (Lipinski definition) is 6. The molecule has 0 saturated carbocycles. The first-order valence-corrected chi connectivity index (χ1v) is 8.98. The van der Waals surface area contributed by atoms with E-state index in [9.17, 15) is 4.39 Å². The van der Waals surface area contributed by atoms with Crippen LogP contribution in [0.15, 0.2) is 18.6 Å². The van der Waals surface area contributed by atoms with Gasteiger partial charge in [-0.3, -0.25) is 0 Å². The van der Waals surface area contributed by atoms with Gasteiger partial charge in [0.2, 0.25) is 5.95 Å². The number of fused-ring (bicyclic) bond motifs is 1. The summed E-state index contributed by atoms with van der Waals surface area (Å²) < 4.78 is 14.8. The average Bonchev–Trinajstić information content (AvgIpc) is 3.05. The number of hydrogen-bond donors (Lipinski definition) is 0. The molecular weight excluding hydrogens is 319 g/mol. The SMILES string of the molecule is CCc1ncnc(N2CCC3CCN(c4nccc(C)n4)CC32)c1F. The Bertz CT molecular complexity index is 767. The van der Waals surface area contributed by atoms with Gasteiger partial charge in [-0.25, -0.2) is 24.3 Å². The third-order valence-corrected chi connectivity index (χ3v) is 5.38. The molecule has 2 aliphatic rings. The van der Waals surface area contributed by atoms with Crippen molar-refractivity contribution in [3.05, 3.63) is 35.8 Å². The molecule has 25 heavy (non-hydrogen) atoms. The lowest BCUT2D eigenvalue weighted by Crippen LogP contribution is -2.49. The van der Waals surface area contributed by atoms with E-state index in [1.54, 1.807) is 6.20 Å². The monoisotopic (exact) mass is 342 g/mol. The predicted molar refractivity (Wildman–Crippen MR) is 94.2 cm³/mol. The van der Waals surface area contributed by atoms with Crippen LogP contribution in [-0.4, -0.2) is 45.6 Å². The molecule has 2 aliphatic heterocycles. The predicted octanol–water partition coefficient (Wildman–Crippen LogP) is 2.38. The van der Waals surface area contributed by atoms with E-state index in [4.69, 9.17) is 0 Å². The molecule has 4 rings (SSSR count). The molecule has 2 aromatic rings. The molecule has 2 fully saturated rings. The summed E-state index contributed by atoms with van der Waals surface area (Å²) >= 11 is 0. The minimum atomic E-state index is -0.269. The van der Waals surface area contributed by atoms with Crippen LogP contribution in [-0.2, 0) is 6.42 Å². The average molecular weight is 342 g/mol. The zero-order valence-electron chi connectivity index (χ0n) is 14.7. The van der Waals surface area contributed by atoms with E-state index in [0.717, 1.165) is 44.1 Å². The van der Waals surface area contributed by atoms with Gasteiger partial charge in [-0.05, 0) is 38.2 Å². The van der Waals surface area contributed by atoms with Crippen LogP contribution in [0.25, 0.3) is 0 Å². The summed E-state index contributed by atoms with van der Waals surface area (Å²) in [6.07, 6.45) is 6.01. The van der Waals surface area contributed by atoms with Crippen molar-refractivity contribution in [2.75, 3.05) is 29.4 Å². The van der Waals surface area contributed by atoms with E-state index in [2.05, 4.69) is 29.7 Å². The maximum atomic E-state index is 14.8. The lowest BCUT2D eigenvalue weighted by atomic mass is 9.92. The van der Waals surface area contributed by atoms with Crippen molar-refractivity contribution in [3.8, 4) is 0 Å². The topological polar surface area (TPSA) is 58.0 Å². The molecule has 0 bridgehead atoms. The Labute approximate surface area is 147 Å². The van der Waals surface area contributed by atoms with Gasteiger partial charge in [-0.15, -0.1) is 0 Å². The number of halogens is 1. The molecule has 132 valence electrons. The Morgan fingerprint density at radius 2 is 2.04 bits per heavy atom. The fraction of sp³-hybridized carbons (Fsp3) is 0.556. The van der Waals surface area contributed by atoms with E-state index in [0.29, 0.717) is 23.9 Å². The Morgan fingerprint density at radius 3 is 2.84 bits per heavy atom. The first kappa shape index (κ1) is 16.2. The minimum absolute atomic E-state index is 0.243. The molecule has 2 atom stereocenters. The maximum Gasteiger partial charge on any atom is 0.225 e. The van der Waals surface area contributed by atoms with Crippen LogP contribution in [0.4, 0.5) is 16.2 Å². The van der Waals surface area contributed by atoms with Crippen molar-refractivity contribution in [2.45, 2.75) is 39.2 Å². The number of aryl methyl sites for hydroxylation is 2. The molecule has 7 heteroatoms. The van der Waals surface area contributed by atoms with Crippen LogP contribution in [0.5, 0.6) is 0 Å². The van der Waals surface area contributed by atoms with Gasteiger partial charge in [-0.1, -0.05) is 6.92 Å². The molecule has 4 heterocycles. The minimum Gasteiger partial charge on any atom is -0.349 e. The van der Waals surface area contributed by atoms with Gasteiger partial charge in [0.05, 0.1) is 11.7 Å². The van der Waals surface area contributed by atoms with E-state index in [1.807, 2.05) is 19.9 Å². The third-order valence-electron chi connectivity index (χ3n) is 5.38. The molecule has 0 amide bonds. The van der Waals surface area contributed by atoms with E-state index < -0.39 is 0 Å². The molecule has 0 radical (unpaired) electrons. The van der Waals surface area contributed by atoms with Crippen molar-refractivity contribution < 1.29 is 4.39 Å². The van der Waals surface area contributed by atoms with Crippen molar-refractivity contribution in [2.24, 2.45) is 5.92 Å². The molecule has 0 aromatic carbocycles. The van der Waals surface area contributed by atoms with Gasteiger partial charge < -0.3 is 9.80 Å². The number of anilines is 2. The normalized spacial score (nSPS) is 23.0. The summed E-state index contributed by atoms with van der Waals surface area (Å²) in [7, 11) is 0. The number of piperidine rings is 1. The van der Waals surface area contributed by atoms with E-state index in [1.165, 1.54) is 6.33 Å². The Morgan fingerprint density at radius 1 is 1.20 bits per heavy atom. The molecule has 2 aromatic heterocycles. The second kappa shape index (κ2) is 6.54. The zero-order chi connectivity index (χ0) is 17.4. The molecule has 2 saturated heterocycles. The molecule has 0 aliphatic carbocycles. The zero-order valence-corrected chi connectivity index (χ0v) is 14.7. The smallest absolute Gasteiger partial charge is 0.225 e. The lowest BCUT2D eigenvalue weighted by molar-refractivity contribution is 0.385. The van der Waals surface area contributed by atoms with Crippen molar-refractivity contribution >= 4 is 11.8 Å². The quantitative estimate of drug-likeness (QED) is 0.854. The standard InChI is InChI=1S/C18H23FN6/c1-3-14-16(19)17(22-11-21-14)25-9-6-13-5-8-24(10-15(13)25)18-20-7-4-12(2)23-18/h4,7,11,13,15H,3,5-6,8-10H2,1-2H3. The Kier molecular flexibility index (Phi) is 4.23. The van der Waals surface area contributed by atoms with Crippen molar-refractivity contribution in [3.63, 3.8) is 0 Å². The van der Waals surface area contributed by atoms with Crippen LogP contribution in [0, 0.1) is 18.7 Å². The summed E-state index contributed by atoms with van der Waals surface area (Å²) in [4.78, 5) is 21.6. The van der Waals surface area contributed by atoms with Crippen molar-refractivity contribution in [1.82, 2.24) is 19.9 Å². The van der Waals surface area contributed by atoms with E-state index >= 15 is 0 Å². The summed E-state index contributed by atoms with van der Waals surface area (Å²) in [5.41, 5.74) is 1.45. The highest BCUT2D eigenvalue weighted by atomic mass is 19.1. The van der Waals surface area contributed by atoms with Gasteiger partial charge in [-0.2, -0.15) is 0 Å². The molecule has 0 spiro atoms. The fourth-order valence-electron chi connectivity index (χ4n) is 4.02. The lowest BCUT2D eigenvalue weighted by Gasteiger charge is -2.39. The number of rotatable bonds is 3. The van der Waals surface area contributed by atoms with Gasteiger partial charge in [0.1, 0.15) is 6.33 Å². The van der Waals surface area contributed by atoms with Crippen LogP contribution in [0.3, 0.4) is 0 Å². The molecule has 2 unspecified atom stereocenters. The van der Waals surface area contributed by atoms with E-state index in [-0.39, 0.29) is 11.9 Å². The highest BCUT2D eigenvalue weighted by molar-refractivity contribution is 5.46. The summed E-state index contributed by atoms with van der Waals surface area (Å²) in [6.45, 7) is 6.49. The Hall–Kier alpha value is -2.31. The van der Waals surface area contributed by atoms with Crippen LogP contribution < -0.4 is 9.80 Å². The highest BCUT2D eigenvalue weighted by Gasteiger charge is 2.40. The first-order chi connectivity index (χ1) is 12.2. The van der Waals surface area contributed by atoms with Crippen LogP contribution in [0.1, 0.15) is 31.2 Å². The van der Waals surface area contributed by atoms with Gasteiger partial charge >= 0.3 is 0 Å². The maximum absolute atomic E-state index is 14.8. The molecule has 6 nitrogen and oxygen atoms in total.